The van der Waals surface area contributed by atoms with Crippen LogP contribution < -0.4 is 4.74 Å². The zero-order valence-corrected chi connectivity index (χ0v) is 15.2. The molecular weight excluding hydrogens is 360 g/mol. The molecule has 0 aliphatic heterocycles. The summed E-state index contributed by atoms with van der Waals surface area (Å²) in [6.45, 7) is 3.54. The summed E-state index contributed by atoms with van der Waals surface area (Å²) < 4.78 is 11.4. The third-order valence-electron chi connectivity index (χ3n) is 3.34. The SMILES string of the molecule is CC(C)OC(=O)c1cccc(OC(=O)c2sc3ccccc3c2Cl)c1. The second kappa shape index (κ2) is 7.25. The van der Waals surface area contributed by atoms with E-state index < -0.39 is 11.9 Å². The Morgan fingerprint density at radius 3 is 2.52 bits per heavy atom. The highest BCUT2D eigenvalue weighted by atomic mass is 35.5. The van der Waals surface area contributed by atoms with Crippen LogP contribution in [0.4, 0.5) is 0 Å². The zero-order chi connectivity index (χ0) is 18.0. The number of hydrogen-bond donors (Lipinski definition) is 0. The van der Waals surface area contributed by atoms with Gasteiger partial charge in [-0.15, -0.1) is 11.3 Å². The van der Waals surface area contributed by atoms with Crippen LogP contribution in [0.2, 0.25) is 5.02 Å². The van der Waals surface area contributed by atoms with Gasteiger partial charge in [-0.1, -0.05) is 35.9 Å². The molecule has 0 aliphatic carbocycles. The van der Waals surface area contributed by atoms with Gasteiger partial charge in [-0.3, -0.25) is 0 Å². The molecule has 4 nitrogen and oxygen atoms in total. The van der Waals surface area contributed by atoms with Crippen molar-refractivity contribution in [2.75, 3.05) is 0 Å². The molecule has 0 N–H and O–H groups in total. The predicted molar refractivity (Wildman–Crippen MR) is 98.8 cm³/mol. The van der Waals surface area contributed by atoms with Crippen LogP contribution in [0.5, 0.6) is 5.75 Å². The fourth-order valence-electron chi connectivity index (χ4n) is 2.27. The molecule has 3 rings (SSSR count). The largest absolute Gasteiger partial charge is 0.459 e. The van der Waals surface area contributed by atoms with Crippen LogP contribution in [0.15, 0.2) is 48.5 Å². The Morgan fingerprint density at radius 2 is 1.80 bits per heavy atom. The lowest BCUT2D eigenvalue weighted by Crippen LogP contribution is -2.12. The highest BCUT2D eigenvalue weighted by molar-refractivity contribution is 7.21. The molecule has 0 spiro atoms. The summed E-state index contributed by atoms with van der Waals surface area (Å²) in [7, 11) is 0. The molecule has 128 valence electrons. The van der Waals surface area contributed by atoms with Gasteiger partial charge in [-0.2, -0.15) is 0 Å². The topological polar surface area (TPSA) is 52.6 Å². The van der Waals surface area contributed by atoms with Crippen molar-refractivity contribution < 1.29 is 19.1 Å². The maximum absolute atomic E-state index is 12.5. The maximum atomic E-state index is 12.5. The second-order valence-corrected chi connectivity index (χ2v) is 7.04. The number of esters is 2. The van der Waals surface area contributed by atoms with Crippen molar-refractivity contribution in [3.63, 3.8) is 0 Å². The zero-order valence-electron chi connectivity index (χ0n) is 13.6. The molecule has 2 aromatic carbocycles. The first-order valence-corrected chi connectivity index (χ1v) is 8.85. The molecular formula is C19H15ClO4S. The Balaban J connectivity index is 1.83. The number of benzene rings is 2. The maximum Gasteiger partial charge on any atom is 0.355 e. The Kier molecular flexibility index (Phi) is 5.06. The number of halogens is 1. The molecule has 3 aromatic rings. The summed E-state index contributed by atoms with van der Waals surface area (Å²) in [6, 6.07) is 13.8. The van der Waals surface area contributed by atoms with Gasteiger partial charge in [-0.05, 0) is 38.1 Å². The minimum absolute atomic E-state index is 0.226. The highest BCUT2D eigenvalue weighted by Gasteiger charge is 2.19. The van der Waals surface area contributed by atoms with Crippen LogP contribution in [0, 0.1) is 0 Å². The van der Waals surface area contributed by atoms with E-state index in [1.807, 2.05) is 24.3 Å². The minimum atomic E-state index is -0.555. The lowest BCUT2D eigenvalue weighted by molar-refractivity contribution is 0.0376. The van der Waals surface area contributed by atoms with Crippen LogP contribution >= 0.6 is 22.9 Å². The van der Waals surface area contributed by atoms with Gasteiger partial charge < -0.3 is 9.47 Å². The van der Waals surface area contributed by atoms with E-state index in [0.717, 1.165) is 10.1 Å². The molecule has 0 saturated carbocycles. The van der Waals surface area contributed by atoms with Crippen molar-refractivity contribution in [1.29, 1.82) is 0 Å². The van der Waals surface area contributed by atoms with Gasteiger partial charge >= 0.3 is 11.9 Å². The van der Waals surface area contributed by atoms with Crippen LogP contribution in [0.25, 0.3) is 10.1 Å². The molecule has 0 radical (unpaired) electrons. The monoisotopic (exact) mass is 374 g/mol. The highest BCUT2D eigenvalue weighted by Crippen LogP contribution is 2.35. The molecule has 0 atom stereocenters. The average Bonchev–Trinajstić information content (AvgIpc) is 2.92. The standard InChI is InChI=1S/C19H15ClO4S/c1-11(2)23-18(21)12-6-5-7-13(10-12)24-19(22)17-16(20)14-8-3-4-9-15(14)25-17/h3-11H,1-2H3. The number of fused-ring (bicyclic) bond motifs is 1. The lowest BCUT2D eigenvalue weighted by atomic mass is 10.2. The molecule has 1 aromatic heterocycles. The quantitative estimate of drug-likeness (QED) is 0.457. The van der Waals surface area contributed by atoms with Crippen molar-refractivity contribution >= 4 is 45.0 Å². The van der Waals surface area contributed by atoms with E-state index in [0.29, 0.717) is 15.5 Å². The van der Waals surface area contributed by atoms with Gasteiger partial charge in [0.05, 0.1) is 16.7 Å². The van der Waals surface area contributed by atoms with Crippen LogP contribution in [-0.2, 0) is 4.74 Å². The van der Waals surface area contributed by atoms with Crippen LogP contribution in [-0.4, -0.2) is 18.0 Å². The minimum Gasteiger partial charge on any atom is -0.459 e. The van der Waals surface area contributed by atoms with Crippen molar-refractivity contribution in [2.24, 2.45) is 0 Å². The normalized spacial score (nSPS) is 10.9. The first kappa shape index (κ1) is 17.5. The number of ether oxygens (including phenoxy) is 2. The molecule has 0 saturated heterocycles. The second-order valence-electron chi connectivity index (χ2n) is 5.61. The van der Waals surface area contributed by atoms with Crippen molar-refractivity contribution in [3.8, 4) is 5.75 Å². The Hall–Kier alpha value is -2.37. The van der Waals surface area contributed by atoms with Gasteiger partial charge in [-0.25, -0.2) is 9.59 Å². The van der Waals surface area contributed by atoms with E-state index in [4.69, 9.17) is 21.1 Å². The molecule has 1 heterocycles. The van der Waals surface area contributed by atoms with Crippen molar-refractivity contribution in [2.45, 2.75) is 20.0 Å². The fraction of sp³-hybridized carbons (Fsp3) is 0.158. The fourth-order valence-corrected chi connectivity index (χ4v) is 3.65. The molecule has 0 bridgehead atoms. The van der Waals surface area contributed by atoms with Gasteiger partial charge in [0, 0.05) is 10.1 Å². The van der Waals surface area contributed by atoms with E-state index in [1.165, 1.54) is 17.4 Å². The van der Waals surface area contributed by atoms with Crippen LogP contribution in [0.3, 0.4) is 0 Å². The van der Waals surface area contributed by atoms with E-state index in [9.17, 15) is 9.59 Å². The lowest BCUT2D eigenvalue weighted by Gasteiger charge is -2.09. The molecule has 0 fully saturated rings. The van der Waals surface area contributed by atoms with E-state index in [1.54, 1.807) is 32.0 Å². The predicted octanol–water partition coefficient (Wildman–Crippen LogP) is 5.34. The molecule has 0 unspecified atom stereocenters. The van der Waals surface area contributed by atoms with E-state index in [-0.39, 0.29) is 11.9 Å². The Morgan fingerprint density at radius 1 is 1.04 bits per heavy atom. The number of hydrogen-bond acceptors (Lipinski definition) is 5. The van der Waals surface area contributed by atoms with Gasteiger partial charge in [0.1, 0.15) is 10.6 Å². The summed E-state index contributed by atoms with van der Waals surface area (Å²) in [6.07, 6.45) is -0.226. The van der Waals surface area contributed by atoms with Crippen molar-refractivity contribution in [1.82, 2.24) is 0 Å². The number of rotatable bonds is 4. The molecule has 0 amide bonds. The molecule has 0 aliphatic rings. The van der Waals surface area contributed by atoms with Gasteiger partial charge in [0.15, 0.2) is 0 Å². The van der Waals surface area contributed by atoms with Gasteiger partial charge in [0.2, 0.25) is 0 Å². The Bertz CT molecular complexity index is 946. The number of thiophene rings is 1. The average molecular weight is 375 g/mol. The first-order chi connectivity index (χ1) is 12.0. The van der Waals surface area contributed by atoms with Crippen LogP contribution in [0.1, 0.15) is 33.9 Å². The summed E-state index contributed by atoms with van der Waals surface area (Å²) >= 11 is 7.56. The van der Waals surface area contributed by atoms with Crippen molar-refractivity contribution in [3.05, 3.63) is 64.0 Å². The third-order valence-corrected chi connectivity index (χ3v) is 5.00. The Labute approximate surface area is 153 Å². The summed E-state index contributed by atoms with van der Waals surface area (Å²) in [4.78, 5) is 24.7. The summed E-state index contributed by atoms with van der Waals surface area (Å²) in [5.74, 6) is -0.759. The molecule has 25 heavy (non-hydrogen) atoms. The number of carbonyl (C=O) groups excluding carboxylic acids is 2. The third kappa shape index (κ3) is 3.83. The molecule has 6 heteroatoms. The van der Waals surface area contributed by atoms with E-state index in [2.05, 4.69) is 0 Å². The smallest absolute Gasteiger partial charge is 0.355 e. The van der Waals surface area contributed by atoms with Gasteiger partial charge in [0.25, 0.3) is 0 Å². The summed E-state index contributed by atoms with van der Waals surface area (Å²) in [5, 5.41) is 1.19. The summed E-state index contributed by atoms with van der Waals surface area (Å²) in [5.41, 5.74) is 0.321. The van der Waals surface area contributed by atoms with E-state index >= 15 is 0 Å². The number of carbonyl (C=O) groups is 2. The first-order valence-electron chi connectivity index (χ1n) is 7.66.